The number of ether oxygens (including phenoxy) is 1. The molecule has 5 heteroatoms. The maximum absolute atomic E-state index is 10.5. The average molecular weight is 355 g/mol. The Labute approximate surface area is 118 Å². The van der Waals surface area contributed by atoms with Crippen molar-refractivity contribution >= 4 is 28.3 Å². The van der Waals surface area contributed by atoms with E-state index < -0.39 is 4.92 Å². The van der Waals surface area contributed by atoms with Gasteiger partial charge in [0.15, 0.2) is 0 Å². The number of hydrogen-bond donors (Lipinski definition) is 0. The molecule has 0 fully saturated rings. The second-order valence-electron chi connectivity index (χ2n) is 3.67. The second kappa shape index (κ2) is 5.81. The van der Waals surface area contributed by atoms with Gasteiger partial charge in [0.05, 0.1) is 4.92 Å². The zero-order valence-corrected chi connectivity index (χ0v) is 11.5. The molecule has 92 valence electrons. The number of rotatable bonds is 4. The van der Waals surface area contributed by atoms with E-state index in [-0.39, 0.29) is 5.69 Å². The SMILES string of the molecule is O=[N+]([O-])c1ccc(COc2ccc(I)cc2)cc1. The summed E-state index contributed by atoms with van der Waals surface area (Å²) >= 11 is 2.23. The van der Waals surface area contributed by atoms with E-state index in [1.807, 2.05) is 24.3 Å². The normalized spacial score (nSPS) is 10.1. The minimum atomic E-state index is -0.413. The van der Waals surface area contributed by atoms with Gasteiger partial charge in [0.1, 0.15) is 12.4 Å². The first-order valence-electron chi connectivity index (χ1n) is 5.27. The fourth-order valence-electron chi connectivity index (χ4n) is 1.41. The highest BCUT2D eigenvalue weighted by molar-refractivity contribution is 14.1. The molecule has 4 nitrogen and oxygen atoms in total. The Hall–Kier alpha value is -1.63. The highest BCUT2D eigenvalue weighted by Gasteiger charge is 2.04. The molecule has 0 saturated heterocycles. The summed E-state index contributed by atoms with van der Waals surface area (Å²) in [6.07, 6.45) is 0. The summed E-state index contributed by atoms with van der Waals surface area (Å²) < 4.78 is 6.72. The maximum Gasteiger partial charge on any atom is 0.269 e. The van der Waals surface area contributed by atoms with Gasteiger partial charge in [-0.2, -0.15) is 0 Å². The first-order chi connectivity index (χ1) is 8.65. The molecule has 0 aliphatic carbocycles. The van der Waals surface area contributed by atoms with Gasteiger partial charge < -0.3 is 4.74 Å². The van der Waals surface area contributed by atoms with Crippen LogP contribution in [0.5, 0.6) is 5.75 Å². The predicted octanol–water partition coefficient (Wildman–Crippen LogP) is 3.78. The summed E-state index contributed by atoms with van der Waals surface area (Å²) in [5.74, 6) is 0.786. The first kappa shape index (κ1) is 12.8. The van der Waals surface area contributed by atoms with Gasteiger partial charge in [-0.05, 0) is 64.6 Å². The third-order valence-electron chi connectivity index (χ3n) is 2.37. The zero-order chi connectivity index (χ0) is 13.0. The molecule has 0 aliphatic rings. The molecule has 0 saturated carbocycles. The van der Waals surface area contributed by atoms with Crippen LogP contribution in [0.2, 0.25) is 0 Å². The Kier molecular flexibility index (Phi) is 4.14. The maximum atomic E-state index is 10.5. The summed E-state index contributed by atoms with van der Waals surface area (Å²) in [5.41, 5.74) is 0.993. The predicted molar refractivity (Wildman–Crippen MR) is 76.6 cm³/mol. The molecule has 2 aromatic carbocycles. The zero-order valence-electron chi connectivity index (χ0n) is 9.38. The quantitative estimate of drug-likeness (QED) is 0.477. The van der Waals surface area contributed by atoms with Gasteiger partial charge in [-0.3, -0.25) is 10.1 Å². The number of halogens is 1. The van der Waals surface area contributed by atoms with Crippen molar-refractivity contribution in [2.45, 2.75) is 6.61 Å². The first-order valence-corrected chi connectivity index (χ1v) is 6.35. The summed E-state index contributed by atoms with van der Waals surface area (Å²) in [5, 5.41) is 10.5. The number of non-ortho nitro benzene ring substituents is 1. The van der Waals surface area contributed by atoms with Gasteiger partial charge in [0.2, 0.25) is 0 Å². The third kappa shape index (κ3) is 3.43. The standard InChI is InChI=1S/C13H10INO3/c14-11-3-7-13(8-4-11)18-9-10-1-5-12(6-2-10)15(16)17/h1-8H,9H2. The van der Waals surface area contributed by atoms with Gasteiger partial charge in [-0.25, -0.2) is 0 Å². The fraction of sp³-hybridized carbons (Fsp3) is 0.0769. The molecule has 0 amide bonds. The number of nitro benzene ring substituents is 1. The third-order valence-corrected chi connectivity index (χ3v) is 3.09. The van der Waals surface area contributed by atoms with Crippen molar-refractivity contribution in [2.75, 3.05) is 0 Å². The lowest BCUT2D eigenvalue weighted by Gasteiger charge is -2.06. The Morgan fingerprint density at radius 3 is 2.22 bits per heavy atom. The van der Waals surface area contributed by atoms with Crippen LogP contribution in [0.4, 0.5) is 5.69 Å². The topological polar surface area (TPSA) is 52.4 Å². The Morgan fingerprint density at radius 2 is 1.67 bits per heavy atom. The van der Waals surface area contributed by atoms with Crippen LogP contribution in [0.25, 0.3) is 0 Å². The van der Waals surface area contributed by atoms with Crippen molar-refractivity contribution in [2.24, 2.45) is 0 Å². The van der Waals surface area contributed by atoms with Crippen molar-refractivity contribution in [1.29, 1.82) is 0 Å². The molecule has 0 bridgehead atoms. The van der Waals surface area contributed by atoms with Crippen LogP contribution in [0.1, 0.15) is 5.56 Å². The monoisotopic (exact) mass is 355 g/mol. The second-order valence-corrected chi connectivity index (χ2v) is 4.91. The highest BCUT2D eigenvalue weighted by Crippen LogP contribution is 2.16. The summed E-state index contributed by atoms with van der Waals surface area (Å²) in [7, 11) is 0. The van der Waals surface area contributed by atoms with Gasteiger partial charge in [-0.15, -0.1) is 0 Å². The number of nitrogens with zero attached hydrogens (tertiary/aromatic N) is 1. The van der Waals surface area contributed by atoms with E-state index in [0.717, 1.165) is 14.9 Å². The fourth-order valence-corrected chi connectivity index (χ4v) is 1.77. The van der Waals surface area contributed by atoms with Gasteiger partial charge in [0, 0.05) is 15.7 Å². The van der Waals surface area contributed by atoms with Crippen molar-refractivity contribution in [3.05, 3.63) is 67.8 Å². The Bertz CT molecular complexity index is 537. The largest absolute Gasteiger partial charge is 0.489 e. The molecule has 18 heavy (non-hydrogen) atoms. The van der Waals surface area contributed by atoms with E-state index in [0.29, 0.717) is 6.61 Å². The van der Waals surface area contributed by atoms with Crippen LogP contribution < -0.4 is 4.74 Å². The van der Waals surface area contributed by atoms with Crippen LogP contribution in [0, 0.1) is 13.7 Å². The van der Waals surface area contributed by atoms with Gasteiger partial charge >= 0.3 is 0 Å². The van der Waals surface area contributed by atoms with E-state index in [1.165, 1.54) is 12.1 Å². The van der Waals surface area contributed by atoms with Crippen LogP contribution in [-0.2, 0) is 6.61 Å². The summed E-state index contributed by atoms with van der Waals surface area (Å²) in [4.78, 5) is 10.1. The number of benzene rings is 2. The van der Waals surface area contributed by atoms with Crippen LogP contribution in [0.3, 0.4) is 0 Å². The molecule has 2 aromatic rings. The summed E-state index contributed by atoms with van der Waals surface area (Å²) in [6, 6.07) is 14.1. The molecule has 2 rings (SSSR count). The van der Waals surface area contributed by atoms with Crippen molar-refractivity contribution in [3.63, 3.8) is 0 Å². The smallest absolute Gasteiger partial charge is 0.269 e. The molecule has 0 aliphatic heterocycles. The van der Waals surface area contributed by atoms with E-state index in [1.54, 1.807) is 12.1 Å². The van der Waals surface area contributed by atoms with Crippen molar-refractivity contribution in [1.82, 2.24) is 0 Å². The van der Waals surface area contributed by atoms with Gasteiger partial charge in [-0.1, -0.05) is 0 Å². The van der Waals surface area contributed by atoms with Crippen LogP contribution in [0.15, 0.2) is 48.5 Å². The lowest BCUT2D eigenvalue weighted by atomic mass is 10.2. The Morgan fingerprint density at radius 1 is 1.06 bits per heavy atom. The van der Waals surface area contributed by atoms with Crippen LogP contribution >= 0.6 is 22.6 Å². The summed E-state index contributed by atoms with van der Waals surface area (Å²) in [6.45, 7) is 0.401. The molecule has 0 radical (unpaired) electrons. The van der Waals surface area contributed by atoms with Gasteiger partial charge in [0.25, 0.3) is 5.69 Å². The van der Waals surface area contributed by atoms with Crippen LogP contribution in [-0.4, -0.2) is 4.92 Å². The molecule has 0 unspecified atom stereocenters. The van der Waals surface area contributed by atoms with E-state index in [2.05, 4.69) is 22.6 Å². The van der Waals surface area contributed by atoms with E-state index >= 15 is 0 Å². The molecule has 0 atom stereocenters. The molecule has 0 spiro atoms. The lowest BCUT2D eigenvalue weighted by Crippen LogP contribution is -1.96. The van der Waals surface area contributed by atoms with E-state index in [9.17, 15) is 10.1 Å². The highest BCUT2D eigenvalue weighted by atomic mass is 127. The molecular weight excluding hydrogens is 345 g/mol. The number of hydrogen-bond acceptors (Lipinski definition) is 3. The van der Waals surface area contributed by atoms with E-state index in [4.69, 9.17) is 4.74 Å². The molecule has 0 heterocycles. The molecular formula is C13H10INO3. The molecule has 0 aromatic heterocycles. The lowest BCUT2D eigenvalue weighted by molar-refractivity contribution is -0.384. The van der Waals surface area contributed by atoms with Crippen molar-refractivity contribution < 1.29 is 9.66 Å². The number of nitro groups is 1. The Balaban J connectivity index is 1.97. The van der Waals surface area contributed by atoms with Crippen molar-refractivity contribution in [3.8, 4) is 5.75 Å². The molecule has 0 N–H and O–H groups in total. The average Bonchev–Trinajstić information content (AvgIpc) is 2.38. The minimum Gasteiger partial charge on any atom is -0.489 e. The minimum absolute atomic E-state index is 0.0908.